The fraction of sp³-hybridized carbons (Fsp3) is 0.652. The Hall–Kier alpha value is -1.92. The number of likely N-dealkylation sites (tertiary alicyclic amines) is 2. The minimum Gasteiger partial charge on any atom is -0.384 e. The summed E-state index contributed by atoms with van der Waals surface area (Å²) in [6.07, 6.45) is 2.44. The minimum atomic E-state index is 0.0179. The average Bonchev–Trinajstić information content (AvgIpc) is 3.28. The number of aryl methyl sites for hydroxylation is 1. The molecule has 2 heterocycles. The number of hydrogen-bond acceptors (Lipinski definition) is 4. The highest BCUT2D eigenvalue weighted by Gasteiger charge is 2.50. The third kappa shape index (κ3) is 4.98. The lowest BCUT2D eigenvalue weighted by Gasteiger charge is -2.31. The molecule has 2 fully saturated rings. The van der Waals surface area contributed by atoms with Gasteiger partial charge >= 0.3 is 0 Å². The van der Waals surface area contributed by atoms with Crippen LogP contribution in [-0.4, -0.2) is 68.2 Å². The van der Waals surface area contributed by atoms with Gasteiger partial charge in [0.25, 0.3) is 0 Å². The van der Waals surface area contributed by atoms with Gasteiger partial charge in [0.15, 0.2) is 0 Å². The Bertz CT molecular complexity index is 708. The van der Waals surface area contributed by atoms with Crippen molar-refractivity contribution in [2.24, 2.45) is 11.8 Å². The molecule has 1 aromatic rings. The third-order valence-electron chi connectivity index (χ3n) is 6.23. The molecule has 1 aromatic carbocycles. The number of hydrogen-bond donors (Lipinski definition) is 0. The van der Waals surface area contributed by atoms with E-state index in [1.54, 1.807) is 7.11 Å². The number of benzene rings is 1. The van der Waals surface area contributed by atoms with Gasteiger partial charge < -0.3 is 19.3 Å². The predicted molar refractivity (Wildman–Crippen MR) is 111 cm³/mol. The van der Waals surface area contributed by atoms with Crippen LogP contribution in [0.5, 0.6) is 0 Å². The number of methoxy groups -OCH3 is 1. The van der Waals surface area contributed by atoms with Crippen LogP contribution in [-0.2, 0) is 19.1 Å². The number of carbonyl (C=O) groups excluding carboxylic acids is 2. The number of rotatable bonds is 9. The lowest BCUT2D eigenvalue weighted by molar-refractivity contribution is -0.136. The summed E-state index contributed by atoms with van der Waals surface area (Å²) in [5.41, 5.74) is 2.38. The molecule has 2 amide bonds. The monoisotopic (exact) mass is 402 g/mol. The third-order valence-corrected chi connectivity index (χ3v) is 6.23. The smallest absolute Gasteiger partial charge is 0.248 e. The Morgan fingerprint density at radius 1 is 1.10 bits per heavy atom. The maximum Gasteiger partial charge on any atom is 0.248 e. The zero-order valence-corrected chi connectivity index (χ0v) is 17.9. The van der Waals surface area contributed by atoms with Gasteiger partial charge in [-0.1, -0.05) is 37.6 Å². The summed E-state index contributed by atoms with van der Waals surface area (Å²) in [5.74, 6) is 0.777. The highest BCUT2D eigenvalue weighted by atomic mass is 16.5. The van der Waals surface area contributed by atoms with E-state index in [9.17, 15) is 9.59 Å². The van der Waals surface area contributed by atoms with Crippen molar-refractivity contribution in [1.82, 2.24) is 9.80 Å². The van der Waals surface area contributed by atoms with Crippen LogP contribution in [0.15, 0.2) is 24.3 Å². The van der Waals surface area contributed by atoms with Gasteiger partial charge in [-0.15, -0.1) is 0 Å². The Morgan fingerprint density at radius 3 is 2.62 bits per heavy atom. The van der Waals surface area contributed by atoms with Crippen molar-refractivity contribution in [2.45, 2.75) is 39.2 Å². The van der Waals surface area contributed by atoms with E-state index in [1.165, 1.54) is 11.1 Å². The summed E-state index contributed by atoms with van der Waals surface area (Å²) >= 11 is 0. The number of fused-ring (bicyclic) bond motifs is 1. The van der Waals surface area contributed by atoms with Crippen LogP contribution in [0.3, 0.4) is 0 Å². The van der Waals surface area contributed by atoms with E-state index in [1.807, 2.05) is 21.9 Å². The second-order valence-corrected chi connectivity index (χ2v) is 8.22. The molecule has 0 aromatic heterocycles. The fourth-order valence-corrected chi connectivity index (χ4v) is 4.65. The van der Waals surface area contributed by atoms with E-state index in [0.29, 0.717) is 45.2 Å². The SMILES string of the molecule is CCCCOCC(=O)N1C[C@H]2CN(C(=O)CCOC)[C@H](c3ccccc3C)[C@H]2C1. The van der Waals surface area contributed by atoms with E-state index >= 15 is 0 Å². The van der Waals surface area contributed by atoms with Gasteiger partial charge in [-0.3, -0.25) is 9.59 Å². The molecule has 6 heteroatoms. The van der Waals surface area contributed by atoms with Crippen LogP contribution in [0.4, 0.5) is 0 Å². The number of amides is 2. The Kier molecular flexibility index (Phi) is 7.67. The molecule has 0 spiro atoms. The van der Waals surface area contributed by atoms with Gasteiger partial charge in [0.2, 0.25) is 11.8 Å². The van der Waals surface area contributed by atoms with Crippen molar-refractivity contribution in [1.29, 1.82) is 0 Å². The summed E-state index contributed by atoms with van der Waals surface area (Å²) in [5, 5.41) is 0. The zero-order valence-electron chi connectivity index (χ0n) is 17.9. The molecule has 160 valence electrons. The highest BCUT2D eigenvalue weighted by Crippen LogP contribution is 2.46. The summed E-state index contributed by atoms with van der Waals surface area (Å²) < 4.78 is 10.7. The molecule has 3 rings (SSSR count). The Balaban J connectivity index is 1.73. The van der Waals surface area contributed by atoms with E-state index < -0.39 is 0 Å². The molecule has 0 radical (unpaired) electrons. The zero-order chi connectivity index (χ0) is 20.8. The van der Waals surface area contributed by atoms with Crippen molar-refractivity contribution >= 4 is 11.8 Å². The fourth-order valence-electron chi connectivity index (χ4n) is 4.65. The van der Waals surface area contributed by atoms with Gasteiger partial charge in [-0.2, -0.15) is 0 Å². The number of nitrogens with zero attached hydrogens (tertiary/aromatic N) is 2. The highest BCUT2D eigenvalue weighted by molar-refractivity contribution is 5.79. The summed E-state index contributed by atoms with van der Waals surface area (Å²) in [6, 6.07) is 8.30. The molecule has 0 N–H and O–H groups in total. The van der Waals surface area contributed by atoms with Crippen molar-refractivity contribution in [3.63, 3.8) is 0 Å². The molecule has 0 aliphatic carbocycles. The van der Waals surface area contributed by atoms with Crippen molar-refractivity contribution in [3.8, 4) is 0 Å². The number of carbonyl (C=O) groups is 2. The molecule has 0 bridgehead atoms. The molecular formula is C23H34N2O4. The number of ether oxygens (including phenoxy) is 2. The quantitative estimate of drug-likeness (QED) is 0.596. The maximum atomic E-state index is 12.9. The predicted octanol–water partition coefficient (Wildman–Crippen LogP) is 2.81. The second kappa shape index (κ2) is 10.2. The van der Waals surface area contributed by atoms with E-state index in [2.05, 4.69) is 26.0 Å². The molecule has 2 saturated heterocycles. The molecule has 6 nitrogen and oxygen atoms in total. The van der Waals surface area contributed by atoms with E-state index in [0.717, 1.165) is 12.8 Å². The molecule has 0 saturated carbocycles. The molecule has 2 aliphatic rings. The van der Waals surface area contributed by atoms with Crippen molar-refractivity contribution < 1.29 is 19.1 Å². The van der Waals surface area contributed by atoms with Gasteiger partial charge in [0.05, 0.1) is 19.1 Å². The summed E-state index contributed by atoms with van der Waals surface area (Å²) in [4.78, 5) is 29.5. The maximum absolute atomic E-state index is 12.9. The standard InChI is InChI=1S/C23H34N2O4/c1-4-5-11-29-16-22(27)24-13-18-14-25(21(26)10-12-28-3)23(20(18)15-24)19-9-7-6-8-17(19)2/h6-9,18,20,23H,4-5,10-16H2,1-3H3/t18-,20-,23+/m0/s1. The molecular weight excluding hydrogens is 368 g/mol. The largest absolute Gasteiger partial charge is 0.384 e. The first-order valence-electron chi connectivity index (χ1n) is 10.8. The Labute approximate surface area is 174 Å². The summed E-state index contributed by atoms with van der Waals surface area (Å²) in [7, 11) is 1.62. The van der Waals surface area contributed by atoms with Crippen LogP contribution >= 0.6 is 0 Å². The van der Waals surface area contributed by atoms with Gasteiger partial charge in [0.1, 0.15) is 6.61 Å². The first-order valence-corrected chi connectivity index (χ1v) is 10.8. The van der Waals surface area contributed by atoms with Gasteiger partial charge in [-0.05, 0) is 24.5 Å². The van der Waals surface area contributed by atoms with Crippen molar-refractivity contribution in [3.05, 3.63) is 35.4 Å². The van der Waals surface area contributed by atoms with Gasteiger partial charge in [-0.25, -0.2) is 0 Å². The lowest BCUT2D eigenvalue weighted by Crippen LogP contribution is -2.39. The topological polar surface area (TPSA) is 59.1 Å². The van der Waals surface area contributed by atoms with Crippen LogP contribution in [0.25, 0.3) is 0 Å². The van der Waals surface area contributed by atoms with Crippen molar-refractivity contribution in [2.75, 3.05) is 46.6 Å². The molecule has 3 atom stereocenters. The Morgan fingerprint density at radius 2 is 1.90 bits per heavy atom. The van der Waals surface area contributed by atoms with Crippen LogP contribution in [0, 0.1) is 18.8 Å². The van der Waals surface area contributed by atoms with E-state index in [4.69, 9.17) is 9.47 Å². The lowest BCUT2D eigenvalue weighted by atomic mass is 9.87. The second-order valence-electron chi connectivity index (χ2n) is 8.22. The average molecular weight is 403 g/mol. The van der Waals surface area contributed by atoms with E-state index in [-0.39, 0.29) is 30.4 Å². The number of unbranched alkanes of at least 4 members (excludes halogenated alkanes) is 1. The normalized spacial score (nSPS) is 23.5. The first-order chi connectivity index (χ1) is 14.1. The molecule has 0 unspecified atom stereocenters. The van der Waals surface area contributed by atoms with Crippen LogP contribution in [0.1, 0.15) is 43.4 Å². The summed E-state index contributed by atoms with van der Waals surface area (Å²) in [6.45, 7) is 7.53. The van der Waals surface area contributed by atoms with Crippen LogP contribution < -0.4 is 0 Å². The first kappa shape index (κ1) is 21.8. The van der Waals surface area contributed by atoms with Gasteiger partial charge in [0, 0.05) is 45.2 Å². The minimum absolute atomic E-state index is 0.0179. The van der Waals surface area contributed by atoms with Crippen LogP contribution in [0.2, 0.25) is 0 Å². The molecule has 29 heavy (non-hydrogen) atoms. The molecule has 2 aliphatic heterocycles.